The van der Waals surface area contributed by atoms with Crippen molar-refractivity contribution in [2.45, 2.75) is 13.8 Å². The number of hydrogen-bond donors (Lipinski definition) is 0. The molecule has 0 saturated heterocycles. The quantitative estimate of drug-likeness (QED) is 0.567. The van der Waals surface area contributed by atoms with Crippen LogP contribution in [0, 0.1) is 5.92 Å². The van der Waals surface area contributed by atoms with E-state index in [1.165, 1.54) is 7.11 Å². The zero-order valence-corrected chi connectivity index (χ0v) is 7.76. The van der Waals surface area contributed by atoms with Gasteiger partial charge in [0.25, 0.3) is 0 Å². The summed E-state index contributed by atoms with van der Waals surface area (Å²) in [7, 11) is 3.32. The average Bonchev–Trinajstić information content (AvgIpc) is 1.85. The first-order chi connectivity index (χ1) is 5.06. The van der Waals surface area contributed by atoms with Crippen LogP contribution in [0.1, 0.15) is 13.8 Å². The van der Waals surface area contributed by atoms with Gasteiger partial charge in [-0.05, 0) is 13.0 Å². The van der Waals surface area contributed by atoms with E-state index in [4.69, 9.17) is 0 Å². The Morgan fingerprint density at radius 2 is 2.09 bits per heavy atom. The van der Waals surface area contributed by atoms with E-state index in [9.17, 15) is 4.79 Å². The Labute approximate surface area is 68.3 Å². The number of hydrogen-bond acceptors (Lipinski definition) is 3. The molecular formula is C8H17NO2. The van der Waals surface area contributed by atoms with Crippen molar-refractivity contribution in [1.82, 2.24) is 4.90 Å². The summed E-state index contributed by atoms with van der Waals surface area (Å²) >= 11 is 0. The van der Waals surface area contributed by atoms with Crippen molar-refractivity contribution in [1.29, 1.82) is 0 Å². The van der Waals surface area contributed by atoms with E-state index in [1.807, 2.05) is 11.9 Å². The van der Waals surface area contributed by atoms with Crippen LogP contribution in [0.25, 0.3) is 0 Å². The van der Waals surface area contributed by atoms with E-state index >= 15 is 0 Å². The molecule has 0 spiro atoms. The number of carbonyl (C=O) groups excluding carboxylic acids is 1. The van der Waals surface area contributed by atoms with Crippen LogP contribution in [0.5, 0.6) is 0 Å². The van der Waals surface area contributed by atoms with Crippen molar-refractivity contribution in [3.05, 3.63) is 0 Å². The van der Waals surface area contributed by atoms with Gasteiger partial charge in [-0.2, -0.15) is 0 Å². The molecule has 0 fully saturated rings. The number of carbonyl (C=O) groups is 1. The Balaban J connectivity index is 3.51. The average molecular weight is 159 g/mol. The minimum Gasteiger partial charge on any atom is -0.468 e. The lowest BCUT2D eigenvalue weighted by Gasteiger charge is -2.16. The van der Waals surface area contributed by atoms with Gasteiger partial charge >= 0.3 is 5.97 Å². The number of esters is 1. The summed E-state index contributed by atoms with van der Waals surface area (Å²) in [6.07, 6.45) is 0. The molecule has 0 aromatic heterocycles. The second-order valence-electron chi connectivity index (χ2n) is 3.17. The van der Waals surface area contributed by atoms with E-state index in [0.29, 0.717) is 12.5 Å². The topological polar surface area (TPSA) is 29.5 Å². The van der Waals surface area contributed by atoms with Crippen LogP contribution in [0.4, 0.5) is 0 Å². The fourth-order valence-corrected chi connectivity index (χ4v) is 0.973. The second kappa shape index (κ2) is 5.13. The van der Waals surface area contributed by atoms with Crippen LogP contribution in [0.15, 0.2) is 0 Å². The van der Waals surface area contributed by atoms with Gasteiger partial charge in [0.05, 0.1) is 13.7 Å². The SMILES string of the molecule is COC(=O)CN(C)CC(C)C. The van der Waals surface area contributed by atoms with Crippen molar-refractivity contribution >= 4 is 5.97 Å². The van der Waals surface area contributed by atoms with E-state index < -0.39 is 0 Å². The maximum Gasteiger partial charge on any atom is 0.319 e. The highest BCUT2D eigenvalue weighted by Gasteiger charge is 2.06. The fraction of sp³-hybridized carbons (Fsp3) is 0.875. The van der Waals surface area contributed by atoms with Gasteiger partial charge in [-0.25, -0.2) is 0 Å². The molecule has 0 radical (unpaired) electrons. The van der Waals surface area contributed by atoms with E-state index in [1.54, 1.807) is 0 Å². The molecule has 0 amide bonds. The summed E-state index contributed by atoms with van der Waals surface area (Å²) in [4.78, 5) is 12.7. The van der Waals surface area contributed by atoms with Crippen LogP contribution in [0.2, 0.25) is 0 Å². The minimum atomic E-state index is -0.173. The Morgan fingerprint density at radius 1 is 1.55 bits per heavy atom. The Bertz CT molecular complexity index is 123. The summed E-state index contributed by atoms with van der Waals surface area (Å²) in [5, 5.41) is 0. The fourth-order valence-electron chi connectivity index (χ4n) is 0.973. The Kier molecular flexibility index (Phi) is 4.86. The maximum atomic E-state index is 10.7. The Morgan fingerprint density at radius 3 is 2.45 bits per heavy atom. The second-order valence-corrected chi connectivity index (χ2v) is 3.17. The summed E-state index contributed by atoms with van der Waals surface area (Å²) < 4.78 is 4.52. The van der Waals surface area contributed by atoms with Crippen molar-refractivity contribution in [2.24, 2.45) is 5.92 Å². The lowest BCUT2D eigenvalue weighted by molar-refractivity contribution is -0.141. The third-order valence-electron chi connectivity index (χ3n) is 1.30. The molecule has 11 heavy (non-hydrogen) atoms. The highest BCUT2D eigenvalue weighted by molar-refractivity contribution is 5.71. The van der Waals surface area contributed by atoms with Gasteiger partial charge in [-0.3, -0.25) is 9.69 Å². The van der Waals surface area contributed by atoms with Crippen molar-refractivity contribution in [2.75, 3.05) is 27.2 Å². The summed E-state index contributed by atoms with van der Waals surface area (Å²) in [6.45, 7) is 5.55. The van der Waals surface area contributed by atoms with Crippen LogP contribution < -0.4 is 0 Å². The molecule has 66 valence electrons. The Hall–Kier alpha value is -0.570. The van der Waals surface area contributed by atoms with Crippen LogP contribution in [0.3, 0.4) is 0 Å². The van der Waals surface area contributed by atoms with E-state index in [-0.39, 0.29) is 5.97 Å². The number of likely N-dealkylation sites (N-methyl/N-ethyl adjacent to an activating group) is 1. The van der Waals surface area contributed by atoms with Crippen molar-refractivity contribution in [3.63, 3.8) is 0 Å². The molecule has 0 aromatic rings. The molecule has 0 bridgehead atoms. The number of nitrogens with zero attached hydrogens (tertiary/aromatic N) is 1. The van der Waals surface area contributed by atoms with Gasteiger partial charge in [-0.1, -0.05) is 13.8 Å². The molecule has 0 N–H and O–H groups in total. The number of ether oxygens (including phenoxy) is 1. The smallest absolute Gasteiger partial charge is 0.319 e. The van der Waals surface area contributed by atoms with E-state index in [2.05, 4.69) is 18.6 Å². The van der Waals surface area contributed by atoms with E-state index in [0.717, 1.165) is 6.54 Å². The molecule has 0 aromatic carbocycles. The molecule has 0 aliphatic carbocycles. The predicted molar refractivity (Wildman–Crippen MR) is 44.4 cm³/mol. The molecular weight excluding hydrogens is 142 g/mol. The highest BCUT2D eigenvalue weighted by Crippen LogP contribution is 1.95. The lowest BCUT2D eigenvalue weighted by atomic mass is 10.2. The van der Waals surface area contributed by atoms with Crippen LogP contribution in [-0.4, -0.2) is 38.1 Å². The molecule has 0 rings (SSSR count). The predicted octanol–water partition coefficient (Wildman–Crippen LogP) is 0.747. The number of rotatable bonds is 4. The first kappa shape index (κ1) is 10.4. The largest absolute Gasteiger partial charge is 0.468 e. The van der Waals surface area contributed by atoms with Gasteiger partial charge in [0, 0.05) is 6.54 Å². The minimum absolute atomic E-state index is 0.173. The molecule has 0 atom stereocenters. The zero-order chi connectivity index (χ0) is 8.85. The molecule has 0 aliphatic heterocycles. The van der Waals surface area contributed by atoms with Gasteiger partial charge in [0.2, 0.25) is 0 Å². The standard InChI is InChI=1S/C8H17NO2/c1-7(2)5-9(3)6-8(10)11-4/h7H,5-6H2,1-4H3. The van der Waals surface area contributed by atoms with Gasteiger partial charge in [-0.15, -0.1) is 0 Å². The third kappa shape index (κ3) is 5.85. The molecule has 3 heteroatoms. The normalized spacial score (nSPS) is 10.7. The van der Waals surface area contributed by atoms with Gasteiger partial charge < -0.3 is 4.74 Å². The molecule has 0 heterocycles. The van der Waals surface area contributed by atoms with Crippen molar-refractivity contribution < 1.29 is 9.53 Å². The first-order valence-corrected chi connectivity index (χ1v) is 3.81. The lowest BCUT2D eigenvalue weighted by Crippen LogP contribution is -2.29. The third-order valence-corrected chi connectivity index (χ3v) is 1.30. The molecule has 0 saturated carbocycles. The van der Waals surface area contributed by atoms with Gasteiger partial charge in [0.15, 0.2) is 0 Å². The first-order valence-electron chi connectivity index (χ1n) is 3.81. The summed E-state index contributed by atoms with van der Waals surface area (Å²) in [5.74, 6) is 0.415. The highest BCUT2D eigenvalue weighted by atomic mass is 16.5. The summed E-state index contributed by atoms with van der Waals surface area (Å²) in [6, 6.07) is 0. The molecule has 0 unspecified atom stereocenters. The monoisotopic (exact) mass is 159 g/mol. The zero-order valence-electron chi connectivity index (χ0n) is 7.76. The van der Waals surface area contributed by atoms with Crippen LogP contribution in [-0.2, 0) is 9.53 Å². The maximum absolute atomic E-state index is 10.7. The molecule has 3 nitrogen and oxygen atoms in total. The van der Waals surface area contributed by atoms with Crippen molar-refractivity contribution in [3.8, 4) is 0 Å². The number of methoxy groups -OCH3 is 1. The summed E-state index contributed by atoms with van der Waals surface area (Å²) in [5.41, 5.74) is 0. The molecule has 0 aliphatic rings. The van der Waals surface area contributed by atoms with Gasteiger partial charge in [0.1, 0.15) is 0 Å². The van der Waals surface area contributed by atoms with Crippen LogP contribution >= 0.6 is 0 Å².